The number of nitrogens with zero attached hydrogens (tertiary/aromatic N) is 1. The smallest absolute Gasteiger partial charge is 0.242 e. The molecule has 0 aromatic rings. The highest BCUT2D eigenvalue weighted by Crippen LogP contribution is 2.40. The minimum atomic E-state index is -0.185. The molecule has 1 atom stereocenters. The lowest BCUT2D eigenvalue weighted by Gasteiger charge is -2.38. The molecule has 23 heavy (non-hydrogen) atoms. The maximum atomic E-state index is 12.6. The van der Waals surface area contributed by atoms with Gasteiger partial charge in [-0.05, 0) is 26.2 Å². The number of unbranched alkanes of at least 4 members (excludes halogenated alkanes) is 6. The number of rotatable bonds is 11. The SMILES string of the molecule is CCCCCCC1(CCCCCC)CCC(=O)N1C(=O)C(C)I. The predicted octanol–water partition coefficient (Wildman–Crippen LogP) is 5.64. The molecule has 1 aliphatic heterocycles. The quantitative estimate of drug-likeness (QED) is 0.239. The van der Waals surface area contributed by atoms with Gasteiger partial charge in [0.15, 0.2) is 0 Å². The standard InChI is InChI=1S/C19H34INO2/c1-4-6-8-10-13-19(14-11-9-7-5-2)15-12-17(22)21(19)18(23)16(3)20/h16H,4-15H2,1-3H3. The van der Waals surface area contributed by atoms with Gasteiger partial charge in [0.05, 0.1) is 9.46 Å². The van der Waals surface area contributed by atoms with E-state index in [1.807, 2.05) is 6.92 Å². The maximum Gasteiger partial charge on any atom is 0.242 e. The molecule has 0 aromatic heterocycles. The van der Waals surface area contributed by atoms with E-state index in [4.69, 9.17) is 0 Å². The van der Waals surface area contributed by atoms with Crippen LogP contribution in [-0.4, -0.2) is 26.2 Å². The van der Waals surface area contributed by atoms with Crippen LogP contribution >= 0.6 is 22.6 Å². The normalized spacial score (nSPS) is 18.4. The summed E-state index contributed by atoms with van der Waals surface area (Å²) in [6, 6.07) is 0. The molecule has 4 heteroatoms. The topological polar surface area (TPSA) is 37.4 Å². The number of amides is 2. The second-order valence-electron chi connectivity index (χ2n) is 7.03. The zero-order valence-corrected chi connectivity index (χ0v) is 17.4. The van der Waals surface area contributed by atoms with E-state index in [2.05, 4.69) is 36.4 Å². The second-order valence-corrected chi connectivity index (χ2v) is 8.90. The van der Waals surface area contributed by atoms with E-state index in [1.54, 1.807) is 4.90 Å². The van der Waals surface area contributed by atoms with Gasteiger partial charge < -0.3 is 0 Å². The van der Waals surface area contributed by atoms with Crippen molar-refractivity contribution in [3.8, 4) is 0 Å². The Kier molecular flexibility index (Phi) is 9.71. The van der Waals surface area contributed by atoms with Crippen LogP contribution in [0.2, 0.25) is 0 Å². The van der Waals surface area contributed by atoms with E-state index in [1.165, 1.54) is 38.5 Å². The molecule has 0 saturated carbocycles. The molecular formula is C19H34INO2. The summed E-state index contributed by atoms with van der Waals surface area (Å²) in [5.41, 5.74) is -0.185. The van der Waals surface area contributed by atoms with Crippen LogP contribution in [0.4, 0.5) is 0 Å². The first-order valence-electron chi connectivity index (χ1n) is 9.49. The molecule has 1 heterocycles. The predicted molar refractivity (Wildman–Crippen MR) is 105 cm³/mol. The summed E-state index contributed by atoms with van der Waals surface area (Å²) < 4.78 is -0.125. The third kappa shape index (κ3) is 6.02. The van der Waals surface area contributed by atoms with Gasteiger partial charge in [0.25, 0.3) is 0 Å². The minimum Gasteiger partial charge on any atom is -0.275 e. The number of carbonyl (C=O) groups is 2. The monoisotopic (exact) mass is 435 g/mol. The van der Waals surface area contributed by atoms with Crippen LogP contribution in [0.3, 0.4) is 0 Å². The molecule has 0 radical (unpaired) electrons. The second kappa shape index (κ2) is 10.7. The van der Waals surface area contributed by atoms with Crippen LogP contribution < -0.4 is 0 Å². The van der Waals surface area contributed by atoms with Crippen LogP contribution in [0, 0.1) is 0 Å². The zero-order chi connectivity index (χ0) is 17.3. The van der Waals surface area contributed by atoms with Crippen molar-refractivity contribution >= 4 is 34.4 Å². The lowest BCUT2D eigenvalue weighted by molar-refractivity contribution is -0.147. The van der Waals surface area contributed by atoms with Crippen molar-refractivity contribution in [2.75, 3.05) is 0 Å². The summed E-state index contributed by atoms with van der Waals surface area (Å²) in [6.45, 7) is 6.33. The Hall–Kier alpha value is -0.130. The third-order valence-electron chi connectivity index (χ3n) is 5.08. The molecule has 1 aliphatic rings. The Bertz CT molecular complexity index is 370. The summed E-state index contributed by atoms with van der Waals surface area (Å²) >= 11 is 2.14. The number of hydrogen-bond donors (Lipinski definition) is 0. The highest BCUT2D eigenvalue weighted by molar-refractivity contribution is 14.1. The van der Waals surface area contributed by atoms with Gasteiger partial charge in [-0.2, -0.15) is 0 Å². The molecule has 0 bridgehead atoms. The van der Waals surface area contributed by atoms with Gasteiger partial charge in [0, 0.05) is 6.42 Å². The van der Waals surface area contributed by atoms with E-state index in [0.717, 1.165) is 32.1 Å². The van der Waals surface area contributed by atoms with Gasteiger partial charge in [-0.15, -0.1) is 0 Å². The van der Waals surface area contributed by atoms with Gasteiger partial charge in [0.1, 0.15) is 0 Å². The van der Waals surface area contributed by atoms with Crippen LogP contribution in [-0.2, 0) is 9.59 Å². The average Bonchev–Trinajstić information content (AvgIpc) is 2.84. The van der Waals surface area contributed by atoms with Gasteiger partial charge >= 0.3 is 0 Å². The molecule has 1 fully saturated rings. The fourth-order valence-corrected chi connectivity index (χ4v) is 4.00. The number of halogens is 1. The van der Waals surface area contributed by atoms with E-state index in [0.29, 0.717) is 6.42 Å². The van der Waals surface area contributed by atoms with Gasteiger partial charge in [-0.25, -0.2) is 0 Å². The van der Waals surface area contributed by atoms with Crippen molar-refractivity contribution in [3.05, 3.63) is 0 Å². The number of imide groups is 1. The lowest BCUT2D eigenvalue weighted by Crippen LogP contribution is -2.51. The zero-order valence-electron chi connectivity index (χ0n) is 15.2. The molecule has 1 unspecified atom stereocenters. The van der Waals surface area contributed by atoms with Gasteiger partial charge in [-0.1, -0.05) is 87.8 Å². The van der Waals surface area contributed by atoms with E-state index < -0.39 is 0 Å². The molecule has 134 valence electrons. The van der Waals surface area contributed by atoms with Crippen molar-refractivity contribution in [3.63, 3.8) is 0 Å². The fourth-order valence-electron chi connectivity index (χ4n) is 3.72. The molecule has 0 aliphatic carbocycles. The van der Waals surface area contributed by atoms with E-state index >= 15 is 0 Å². The summed E-state index contributed by atoms with van der Waals surface area (Å²) in [7, 11) is 0. The first-order valence-corrected chi connectivity index (χ1v) is 10.7. The molecule has 3 nitrogen and oxygen atoms in total. The van der Waals surface area contributed by atoms with E-state index in [9.17, 15) is 9.59 Å². The first-order chi connectivity index (χ1) is 11.0. The Morgan fingerprint density at radius 2 is 1.61 bits per heavy atom. The highest BCUT2D eigenvalue weighted by Gasteiger charge is 2.48. The van der Waals surface area contributed by atoms with Crippen molar-refractivity contribution < 1.29 is 9.59 Å². The number of alkyl halides is 1. The minimum absolute atomic E-state index is 0.0269. The average molecular weight is 435 g/mol. The number of carbonyl (C=O) groups excluding carboxylic acids is 2. The highest BCUT2D eigenvalue weighted by atomic mass is 127. The van der Waals surface area contributed by atoms with Crippen LogP contribution in [0.1, 0.15) is 97.8 Å². The number of likely N-dealkylation sites (tertiary alicyclic amines) is 1. The largest absolute Gasteiger partial charge is 0.275 e. The first kappa shape index (κ1) is 20.9. The van der Waals surface area contributed by atoms with Crippen molar-refractivity contribution in [1.29, 1.82) is 0 Å². The van der Waals surface area contributed by atoms with E-state index in [-0.39, 0.29) is 21.3 Å². The van der Waals surface area contributed by atoms with Gasteiger partial charge in [0.2, 0.25) is 11.8 Å². The van der Waals surface area contributed by atoms with Crippen molar-refractivity contribution in [2.45, 2.75) is 107 Å². The van der Waals surface area contributed by atoms with Crippen molar-refractivity contribution in [2.24, 2.45) is 0 Å². The molecule has 0 spiro atoms. The summed E-state index contributed by atoms with van der Waals surface area (Å²) in [6.07, 6.45) is 13.0. The van der Waals surface area contributed by atoms with Crippen LogP contribution in [0.25, 0.3) is 0 Å². The maximum absolute atomic E-state index is 12.6. The Morgan fingerprint density at radius 3 is 2.04 bits per heavy atom. The summed E-state index contributed by atoms with van der Waals surface area (Å²) in [5.74, 6) is 0.0867. The van der Waals surface area contributed by atoms with Crippen LogP contribution in [0.15, 0.2) is 0 Å². The Balaban J connectivity index is 2.82. The third-order valence-corrected chi connectivity index (χ3v) is 5.61. The van der Waals surface area contributed by atoms with Crippen LogP contribution in [0.5, 0.6) is 0 Å². The van der Waals surface area contributed by atoms with Gasteiger partial charge in [-0.3, -0.25) is 14.5 Å². The van der Waals surface area contributed by atoms with Crippen molar-refractivity contribution in [1.82, 2.24) is 4.90 Å². The molecule has 1 rings (SSSR count). The molecule has 2 amide bonds. The molecule has 1 saturated heterocycles. The molecule has 0 aromatic carbocycles. The lowest BCUT2D eigenvalue weighted by atomic mass is 9.83. The fraction of sp³-hybridized carbons (Fsp3) is 0.895. The molecule has 0 N–H and O–H groups in total. The number of hydrogen-bond acceptors (Lipinski definition) is 2. The Morgan fingerprint density at radius 1 is 1.09 bits per heavy atom. The molecular weight excluding hydrogens is 401 g/mol. The summed E-state index contributed by atoms with van der Waals surface area (Å²) in [4.78, 5) is 26.7. The summed E-state index contributed by atoms with van der Waals surface area (Å²) in [5, 5.41) is 0. The Labute approximate surface area is 156 Å².